The van der Waals surface area contributed by atoms with Crippen LogP contribution in [0.1, 0.15) is 38.2 Å². The molecule has 0 aliphatic carbocycles. The lowest BCUT2D eigenvalue weighted by atomic mass is 9.96. The fourth-order valence-electron chi connectivity index (χ4n) is 3.36. The zero-order valence-corrected chi connectivity index (χ0v) is 12.8. The number of morpholine rings is 1. The van der Waals surface area contributed by atoms with Gasteiger partial charge in [0.2, 0.25) is 5.91 Å². The Kier molecular flexibility index (Phi) is 4.15. The molecule has 0 spiro atoms. The normalized spacial score (nSPS) is 28.1. The number of amides is 1. The number of benzene rings is 1. The standard InChI is InChI=1S/C17H24N2O2/c1-3-14-11-21-12(2)10-19(14)17(20)8-13-9-18-16-7-5-4-6-15(13)16/h4-7,12-14,18H,3,8-11H2,1-2H3. The number of anilines is 1. The van der Waals surface area contributed by atoms with Crippen molar-refractivity contribution < 1.29 is 9.53 Å². The number of carbonyl (C=O) groups excluding carboxylic acids is 1. The molecule has 3 unspecified atom stereocenters. The first-order chi connectivity index (χ1) is 10.2. The molecule has 4 nitrogen and oxygen atoms in total. The molecular weight excluding hydrogens is 264 g/mol. The molecule has 1 saturated heterocycles. The monoisotopic (exact) mass is 288 g/mol. The molecular formula is C17H24N2O2. The van der Waals surface area contributed by atoms with Gasteiger partial charge in [-0.25, -0.2) is 0 Å². The summed E-state index contributed by atoms with van der Waals surface area (Å²) in [4.78, 5) is 14.8. The van der Waals surface area contributed by atoms with Crippen LogP contribution in [0.5, 0.6) is 0 Å². The average molecular weight is 288 g/mol. The van der Waals surface area contributed by atoms with Crippen LogP contribution in [0.2, 0.25) is 0 Å². The lowest BCUT2D eigenvalue weighted by molar-refractivity contribution is -0.144. The van der Waals surface area contributed by atoms with Crippen molar-refractivity contribution in [2.45, 2.75) is 44.8 Å². The fourth-order valence-corrected chi connectivity index (χ4v) is 3.36. The number of para-hydroxylation sites is 1. The summed E-state index contributed by atoms with van der Waals surface area (Å²) in [7, 11) is 0. The summed E-state index contributed by atoms with van der Waals surface area (Å²) in [6.45, 7) is 6.42. The van der Waals surface area contributed by atoms with Crippen molar-refractivity contribution in [1.82, 2.24) is 4.90 Å². The third kappa shape index (κ3) is 2.91. The molecule has 114 valence electrons. The Morgan fingerprint density at radius 3 is 3.05 bits per heavy atom. The van der Waals surface area contributed by atoms with Crippen molar-refractivity contribution in [1.29, 1.82) is 0 Å². The highest BCUT2D eigenvalue weighted by atomic mass is 16.5. The molecule has 1 aromatic carbocycles. The van der Waals surface area contributed by atoms with Gasteiger partial charge in [-0.3, -0.25) is 4.79 Å². The third-order valence-corrected chi connectivity index (χ3v) is 4.62. The van der Waals surface area contributed by atoms with Gasteiger partial charge in [0.05, 0.1) is 18.8 Å². The molecule has 4 heteroatoms. The first kappa shape index (κ1) is 14.4. The van der Waals surface area contributed by atoms with E-state index in [9.17, 15) is 4.79 Å². The summed E-state index contributed by atoms with van der Waals surface area (Å²) in [5, 5.41) is 3.40. The Hall–Kier alpha value is -1.55. The SMILES string of the molecule is CCC1COC(C)CN1C(=O)CC1CNc2ccccc21. The van der Waals surface area contributed by atoms with Crippen LogP contribution in [-0.4, -0.2) is 42.6 Å². The van der Waals surface area contributed by atoms with Gasteiger partial charge in [0, 0.05) is 31.1 Å². The minimum absolute atomic E-state index is 0.144. The number of hydrogen-bond acceptors (Lipinski definition) is 3. The second kappa shape index (κ2) is 6.06. The van der Waals surface area contributed by atoms with E-state index in [4.69, 9.17) is 4.74 Å². The van der Waals surface area contributed by atoms with Crippen LogP contribution in [0.25, 0.3) is 0 Å². The molecule has 3 atom stereocenters. The van der Waals surface area contributed by atoms with Crippen LogP contribution in [0.15, 0.2) is 24.3 Å². The summed E-state index contributed by atoms with van der Waals surface area (Å²) >= 11 is 0. The smallest absolute Gasteiger partial charge is 0.223 e. The van der Waals surface area contributed by atoms with E-state index in [-0.39, 0.29) is 18.1 Å². The van der Waals surface area contributed by atoms with E-state index in [0.717, 1.165) is 19.5 Å². The summed E-state index contributed by atoms with van der Waals surface area (Å²) in [5.41, 5.74) is 2.46. The van der Waals surface area contributed by atoms with E-state index >= 15 is 0 Å². The Bertz CT molecular complexity index is 517. The van der Waals surface area contributed by atoms with Gasteiger partial charge in [0.1, 0.15) is 0 Å². The van der Waals surface area contributed by atoms with Gasteiger partial charge in [-0.1, -0.05) is 25.1 Å². The highest BCUT2D eigenvalue weighted by Crippen LogP contribution is 2.34. The quantitative estimate of drug-likeness (QED) is 0.929. The van der Waals surface area contributed by atoms with Crippen LogP contribution >= 0.6 is 0 Å². The second-order valence-electron chi connectivity index (χ2n) is 6.12. The molecule has 0 aromatic heterocycles. The number of nitrogens with one attached hydrogen (secondary N) is 1. The molecule has 21 heavy (non-hydrogen) atoms. The molecule has 0 radical (unpaired) electrons. The number of hydrogen-bond donors (Lipinski definition) is 1. The van der Waals surface area contributed by atoms with E-state index in [1.807, 2.05) is 17.9 Å². The van der Waals surface area contributed by atoms with Crippen molar-refractivity contribution in [3.8, 4) is 0 Å². The molecule has 1 fully saturated rings. The lowest BCUT2D eigenvalue weighted by Crippen LogP contribution is -2.51. The van der Waals surface area contributed by atoms with Crippen molar-refractivity contribution in [3.05, 3.63) is 29.8 Å². The highest BCUT2D eigenvalue weighted by molar-refractivity contribution is 5.78. The summed E-state index contributed by atoms with van der Waals surface area (Å²) in [5.74, 6) is 0.560. The molecule has 2 heterocycles. The first-order valence-electron chi connectivity index (χ1n) is 7.93. The average Bonchev–Trinajstić information content (AvgIpc) is 2.90. The predicted octanol–water partition coefficient (Wildman–Crippen LogP) is 2.61. The van der Waals surface area contributed by atoms with Gasteiger partial charge >= 0.3 is 0 Å². The zero-order chi connectivity index (χ0) is 14.8. The summed E-state index contributed by atoms with van der Waals surface area (Å²) in [6, 6.07) is 8.54. The molecule has 1 amide bonds. The van der Waals surface area contributed by atoms with E-state index in [1.54, 1.807) is 0 Å². The topological polar surface area (TPSA) is 41.6 Å². The number of ether oxygens (including phenoxy) is 1. The molecule has 2 aliphatic heterocycles. The maximum Gasteiger partial charge on any atom is 0.223 e. The van der Waals surface area contributed by atoms with Crippen molar-refractivity contribution in [2.24, 2.45) is 0 Å². The van der Waals surface area contributed by atoms with E-state index in [1.165, 1.54) is 11.3 Å². The highest BCUT2D eigenvalue weighted by Gasteiger charge is 2.32. The van der Waals surface area contributed by atoms with Crippen LogP contribution in [0, 0.1) is 0 Å². The Balaban J connectivity index is 1.69. The molecule has 0 bridgehead atoms. The van der Waals surface area contributed by atoms with Crippen molar-refractivity contribution >= 4 is 11.6 Å². The van der Waals surface area contributed by atoms with Crippen molar-refractivity contribution in [2.75, 3.05) is 25.0 Å². The van der Waals surface area contributed by atoms with Crippen molar-refractivity contribution in [3.63, 3.8) is 0 Å². The molecule has 1 aromatic rings. The largest absolute Gasteiger partial charge is 0.384 e. The van der Waals surface area contributed by atoms with Gasteiger partial charge in [-0.15, -0.1) is 0 Å². The molecule has 1 N–H and O–H groups in total. The van der Waals surface area contributed by atoms with Gasteiger partial charge in [-0.2, -0.15) is 0 Å². The van der Waals surface area contributed by atoms with E-state index in [2.05, 4.69) is 30.4 Å². The Labute approximate surface area is 126 Å². The molecule has 0 saturated carbocycles. The van der Waals surface area contributed by atoms with Gasteiger partial charge in [0.25, 0.3) is 0 Å². The van der Waals surface area contributed by atoms with Crippen LogP contribution in [0.3, 0.4) is 0 Å². The number of nitrogens with zero attached hydrogens (tertiary/aromatic N) is 1. The van der Waals surface area contributed by atoms with E-state index < -0.39 is 0 Å². The van der Waals surface area contributed by atoms with Gasteiger partial charge in [0.15, 0.2) is 0 Å². The zero-order valence-electron chi connectivity index (χ0n) is 12.8. The number of rotatable bonds is 3. The summed E-state index contributed by atoms with van der Waals surface area (Å²) < 4.78 is 5.68. The predicted molar refractivity (Wildman–Crippen MR) is 83.5 cm³/mol. The first-order valence-corrected chi connectivity index (χ1v) is 7.93. The Morgan fingerprint density at radius 1 is 1.43 bits per heavy atom. The maximum atomic E-state index is 12.7. The molecule has 3 rings (SSSR count). The molecule has 2 aliphatic rings. The minimum Gasteiger partial charge on any atom is -0.384 e. The summed E-state index contributed by atoms with van der Waals surface area (Å²) in [6.07, 6.45) is 1.69. The van der Waals surface area contributed by atoms with Crippen LogP contribution < -0.4 is 5.32 Å². The number of carbonyl (C=O) groups is 1. The lowest BCUT2D eigenvalue weighted by Gasteiger charge is -2.38. The minimum atomic E-state index is 0.144. The van der Waals surface area contributed by atoms with Gasteiger partial charge in [-0.05, 0) is 25.0 Å². The van der Waals surface area contributed by atoms with Gasteiger partial charge < -0.3 is 15.0 Å². The van der Waals surface area contributed by atoms with E-state index in [0.29, 0.717) is 18.9 Å². The Morgan fingerprint density at radius 2 is 2.24 bits per heavy atom. The fraction of sp³-hybridized carbons (Fsp3) is 0.588. The third-order valence-electron chi connectivity index (χ3n) is 4.62. The van der Waals surface area contributed by atoms with Crippen LogP contribution in [0.4, 0.5) is 5.69 Å². The maximum absolute atomic E-state index is 12.7. The second-order valence-corrected chi connectivity index (χ2v) is 6.12. The number of fused-ring (bicyclic) bond motifs is 1. The van der Waals surface area contributed by atoms with Crippen LogP contribution in [-0.2, 0) is 9.53 Å².